The Bertz CT molecular complexity index is 1120. The van der Waals surface area contributed by atoms with Gasteiger partial charge in [-0.05, 0) is 60.9 Å². The Morgan fingerprint density at radius 2 is 1.85 bits per heavy atom. The number of rotatable bonds is 7. The molecule has 0 aromatic heterocycles. The van der Waals surface area contributed by atoms with E-state index in [4.69, 9.17) is 10.5 Å². The van der Waals surface area contributed by atoms with Crippen molar-refractivity contribution >= 4 is 5.91 Å². The maximum Gasteiger partial charge on any atom is 0.252 e. The van der Waals surface area contributed by atoms with Crippen LogP contribution in [-0.4, -0.2) is 11.5 Å². The van der Waals surface area contributed by atoms with Crippen molar-refractivity contribution in [3.05, 3.63) is 106 Å². The molecule has 34 heavy (non-hydrogen) atoms. The van der Waals surface area contributed by atoms with Gasteiger partial charge in [0.15, 0.2) is 0 Å². The lowest BCUT2D eigenvalue weighted by molar-refractivity contribution is -0.0992. The first-order chi connectivity index (χ1) is 16.3. The standard InChI is InChI=1S/C28H30FNO2.C2H6/c1-4-20-17-27(2)23(16-22(20)15-19-9-6-5-7-10-19)13-14-28(27,3)32-18-21-11-8-12-24(29)25(21)26(30)31;1-2/h4-12,16H,1,13-15,17-18H2,2-3H3,(H2,30,31);1-2H3. The lowest BCUT2D eigenvalue weighted by Gasteiger charge is -2.44. The van der Waals surface area contributed by atoms with Gasteiger partial charge in [-0.1, -0.05) is 87.5 Å². The van der Waals surface area contributed by atoms with E-state index in [1.54, 1.807) is 12.1 Å². The molecule has 2 aromatic carbocycles. The summed E-state index contributed by atoms with van der Waals surface area (Å²) in [6.07, 6.45) is 7.82. The monoisotopic (exact) mass is 461 g/mol. The molecule has 2 unspecified atom stereocenters. The summed E-state index contributed by atoms with van der Waals surface area (Å²) in [6.45, 7) is 12.6. The molecule has 3 nitrogen and oxygen atoms in total. The molecule has 0 aliphatic heterocycles. The highest BCUT2D eigenvalue weighted by atomic mass is 19.1. The van der Waals surface area contributed by atoms with E-state index >= 15 is 0 Å². The second-order valence-corrected chi connectivity index (χ2v) is 9.25. The Hall–Kier alpha value is -2.98. The number of amides is 1. The third-order valence-electron chi connectivity index (χ3n) is 7.43. The Morgan fingerprint density at radius 3 is 2.50 bits per heavy atom. The Kier molecular flexibility index (Phi) is 7.93. The highest BCUT2D eigenvalue weighted by Gasteiger charge is 2.53. The number of ether oxygens (including phenoxy) is 1. The molecule has 0 heterocycles. The predicted octanol–water partition coefficient (Wildman–Crippen LogP) is 7.08. The SMILES string of the molecule is C=CC1=C(Cc2ccccc2)C=C2CCC(C)(OCc3cccc(F)c3C(N)=O)C2(C)C1.CC. The van der Waals surface area contributed by atoms with Crippen molar-refractivity contribution in [2.45, 2.75) is 65.6 Å². The van der Waals surface area contributed by atoms with E-state index in [-0.39, 0.29) is 17.6 Å². The molecule has 4 rings (SSSR count). The third-order valence-corrected chi connectivity index (χ3v) is 7.43. The van der Waals surface area contributed by atoms with Gasteiger partial charge in [0.1, 0.15) is 5.82 Å². The molecule has 0 bridgehead atoms. The van der Waals surface area contributed by atoms with Gasteiger partial charge in [0.2, 0.25) is 0 Å². The van der Waals surface area contributed by atoms with Crippen molar-refractivity contribution in [2.75, 3.05) is 0 Å². The first-order valence-corrected chi connectivity index (χ1v) is 12.1. The van der Waals surface area contributed by atoms with Crippen LogP contribution in [-0.2, 0) is 17.8 Å². The van der Waals surface area contributed by atoms with Crippen molar-refractivity contribution < 1.29 is 13.9 Å². The summed E-state index contributed by atoms with van der Waals surface area (Å²) in [5.74, 6) is -1.38. The number of hydrogen-bond acceptors (Lipinski definition) is 2. The lowest BCUT2D eigenvalue weighted by atomic mass is 9.66. The normalized spacial score (nSPS) is 23.5. The summed E-state index contributed by atoms with van der Waals surface area (Å²) in [4.78, 5) is 11.8. The number of carbonyl (C=O) groups is 1. The van der Waals surface area contributed by atoms with E-state index in [1.165, 1.54) is 28.3 Å². The maximum atomic E-state index is 14.2. The molecule has 1 fully saturated rings. The molecular formula is C30H36FNO2. The number of carbonyl (C=O) groups excluding carboxylic acids is 1. The van der Waals surface area contributed by atoms with Gasteiger partial charge in [-0.3, -0.25) is 4.79 Å². The first kappa shape index (κ1) is 25.6. The van der Waals surface area contributed by atoms with Crippen LogP contribution >= 0.6 is 0 Å². The second-order valence-electron chi connectivity index (χ2n) is 9.25. The smallest absolute Gasteiger partial charge is 0.252 e. The molecule has 2 aromatic rings. The molecule has 0 saturated heterocycles. The first-order valence-electron chi connectivity index (χ1n) is 12.1. The summed E-state index contributed by atoms with van der Waals surface area (Å²) < 4.78 is 20.6. The van der Waals surface area contributed by atoms with Crippen LogP contribution in [0.5, 0.6) is 0 Å². The van der Waals surface area contributed by atoms with Crippen LogP contribution in [0.1, 0.15) is 68.4 Å². The molecule has 0 spiro atoms. The Morgan fingerprint density at radius 1 is 1.15 bits per heavy atom. The third kappa shape index (κ3) is 4.78. The zero-order valence-electron chi connectivity index (χ0n) is 20.8. The van der Waals surface area contributed by atoms with Crippen molar-refractivity contribution in [1.82, 2.24) is 0 Å². The lowest BCUT2D eigenvalue weighted by Crippen LogP contribution is -2.43. The summed E-state index contributed by atoms with van der Waals surface area (Å²) >= 11 is 0. The number of primary amides is 1. The fourth-order valence-electron chi connectivity index (χ4n) is 5.21. The number of benzene rings is 2. The largest absolute Gasteiger partial charge is 0.370 e. The van der Waals surface area contributed by atoms with Crippen molar-refractivity contribution in [3.8, 4) is 0 Å². The minimum absolute atomic E-state index is 0.0875. The fraction of sp³-hybridized carbons (Fsp3) is 0.367. The van der Waals surface area contributed by atoms with Crippen molar-refractivity contribution in [2.24, 2.45) is 11.1 Å². The van der Waals surface area contributed by atoms with Crippen LogP contribution < -0.4 is 5.73 Å². The average molecular weight is 462 g/mol. The molecule has 2 atom stereocenters. The van der Waals surface area contributed by atoms with Crippen LogP contribution in [0.4, 0.5) is 4.39 Å². The van der Waals surface area contributed by atoms with Crippen LogP contribution in [0.3, 0.4) is 0 Å². The fourth-order valence-corrected chi connectivity index (χ4v) is 5.21. The molecule has 2 aliphatic carbocycles. The molecule has 180 valence electrons. The maximum absolute atomic E-state index is 14.2. The zero-order valence-corrected chi connectivity index (χ0v) is 20.8. The van der Waals surface area contributed by atoms with Crippen LogP contribution in [0, 0.1) is 11.2 Å². The zero-order chi connectivity index (χ0) is 24.9. The van der Waals surface area contributed by atoms with Gasteiger partial charge in [0.25, 0.3) is 5.91 Å². The van der Waals surface area contributed by atoms with E-state index in [2.05, 4.69) is 50.8 Å². The van der Waals surface area contributed by atoms with E-state index in [1.807, 2.05) is 26.0 Å². The summed E-state index contributed by atoms with van der Waals surface area (Å²) in [5, 5.41) is 0. The summed E-state index contributed by atoms with van der Waals surface area (Å²) in [7, 11) is 0. The summed E-state index contributed by atoms with van der Waals surface area (Å²) in [6, 6.07) is 15.0. The molecule has 0 radical (unpaired) electrons. The van der Waals surface area contributed by atoms with Gasteiger partial charge in [0, 0.05) is 5.41 Å². The van der Waals surface area contributed by atoms with Crippen molar-refractivity contribution in [1.29, 1.82) is 0 Å². The molecule has 2 N–H and O–H groups in total. The summed E-state index contributed by atoms with van der Waals surface area (Å²) in [5.41, 5.74) is 10.4. The number of hydrogen-bond donors (Lipinski definition) is 1. The number of allylic oxidation sites excluding steroid dienone is 4. The number of fused-ring (bicyclic) bond motifs is 1. The van der Waals surface area contributed by atoms with Gasteiger partial charge < -0.3 is 10.5 Å². The average Bonchev–Trinajstić information content (AvgIpc) is 3.09. The van der Waals surface area contributed by atoms with Gasteiger partial charge in [0.05, 0.1) is 17.8 Å². The quantitative estimate of drug-likeness (QED) is 0.479. The minimum Gasteiger partial charge on any atom is -0.370 e. The Labute approximate surface area is 203 Å². The number of halogens is 1. The Balaban J connectivity index is 0.00000158. The van der Waals surface area contributed by atoms with Gasteiger partial charge >= 0.3 is 0 Å². The molecule has 1 amide bonds. The number of nitrogens with two attached hydrogens (primary N) is 1. The predicted molar refractivity (Wildman–Crippen MR) is 137 cm³/mol. The van der Waals surface area contributed by atoms with Crippen molar-refractivity contribution in [3.63, 3.8) is 0 Å². The van der Waals surface area contributed by atoms with Crippen LogP contribution in [0.25, 0.3) is 0 Å². The topological polar surface area (TPSA) is 52.3 Å². The van der Waals surface area contributed by atoms with Gasteiger partial charge in [-0.25, -0.2) is 4.39 Å². The van der Waals surface area contributed by atoms with E-state index < -0.39 is 17.3 Å². The van der Waals surface area contributed by atoms with Gasteiger partial charge in [-0.15, -0.1) is 0 Å². The molecule has 2 aliphatic rings. The molecule has 4 heteroatoms. The van der Waals surface area contributed by atoms with E-state index in [0.717, 1.165) is 25.7 Å². The molecule has 1 saturated carbocycles. The van der Waals surface area contributed by atoms with E-state index in [0.29, 0.717) is 5.56 Å². The second kappa shape index (κ2) is 10.5. The van der Waals surface area contributed by atoms with Crippen LogP contribution in [0.15, 0.2) is 84.0 Å². The van der Waals surface area contributed by atoms with E-state index in [9.17, 15) is 9.18 Å². The highest BCUT2D eigenvalue weighted by molar-refractivity contribution is 5.94. The van der Waals surface area contributed by atoms with Gasteiger partial charge in [-0.2, -0.15) is 0 Å². The minimum atomic E-state index is -0.773. The molecular weight excluding hydrogens is 425 g/mol. The highest BCUT2D eigenvalue weighted by Crippen LogP contribution is 2.58. The van der Waals surface area contributed by atoms with Crippen LogP contribution in [0.2, 0.25) is 0 Å².